The second-order valence-corrected chi connectivity index (χ2v) is 5.56. The standard InChI is InChI=1S/C15H19N3O9/c1-7(19)24-5-10-11(25-8(2)20)12(26-9(3)21)14(27-10)18-6-16-13(17-18)15(22)23-4/h6,10-12,14H,5H2,1-4H3/t10-,11-,12-,14-/m0/s1/i15+2. The van der Waals surface area contributed by atoms with Gasteiger partial charge in [-0.3, -0.25) is 14.4 Å². The van der Waals surface area contributed by atoms with Gasteiger partial charge in [0.05, 0.1) is 7.11 Å². The van der Waals surface area contributed by atoms with Crippen LogP contribution in [0.2, 0.25) is 0 Å². The Kier molecular flexibility index (Phi) is 6.45. The minimum absolute atomic E-state index is 0.241. The third-order valence-electron chi connectivity index (χ3n) is 3.48. The number of esters is 4. The third kappa shape index (κ3) is 5.00. The molecule has 0 aromatic carbocycles. The Labute approximate surface area is 153 Å². The fraction of sp³-hybridized carbons (Fsp3) is 0.600. The summed E-state index contributed by atoms with van der Waals surface area (Å²) in [5.41, 5.74) is 0. The van der Waals surface area contributed by atoms with Gasteiger partial charge in [-0.05, 0) is 0 Å². The van der Waals surface area contributed by atoms with Crippen LogP contribution in [0.4, 0.5) is 0 Å². The molecule has 12 nitrogen and oxygen atoms in total. The van der Waals surface area contributed by atoms with Gasteiger partial charge >= 0.3 is 23.9 Å². The zero-order chi connectivity index (χ0) is 20.1. The van der Waals surface area contributed by atoms with Crippen LogP contribution in [-0.2, 0) is 38.1 Å². The lowest BCUT2D eigenvalue weighted by molar-refractivity contribution is -0.166. The lowest BCUT2D eigenvalue weighted by atomic mass is 10.1. The molecule has 0 radical (unpaired) electrons. The molecule has 1 aromatic rings. The van der Waals surface area contributed by atoms with E-state index in [2.05, 4.69) is 14.8 Å². The highest BCUT2D eigenvalue weighted by atomic mass is 16.8. The van der Waals surface area contributed by atoms with Crippen molar-refractivity contribution >= 4 is 23.9 Å². The van der Waals surface area contributed by atoms with Crippen molar-refractivity contribution in [3.8, 4) is 0 Å². The average molecular weight is 387 g/mol. The summed E-state index contributed by atoms with van der Waals surface area (Å²) in [6.45, 7) is 3.30. The van der Waals surface area contributed by atoms with Gasteiger partial charge in [0.2, 0.25) is 0 Å². The number of nitrogens with zero attached hydrogens (tertiary/aromatic N) is 3. The zero-order valence-corrected chi connectivity index (χ0v) is 15.1. The van der Waals surface area contributed by atoms with Gasteiger partial charge in [-0.1, -0.05) is 0 Å². The molecule has 2 rings (SSSR count). The van der Waals surface area contributed by atoms with E-state index in [1.54, 1.807) is 0 Å². The van der Waals surface area contributed by atoms with Gasteiger partial charge in [0.25, 0.3) is 5.82 Å². The van der Waals surface area contributed by atoms with Gasteiger partial charge in [0.15, 0.2) is 18.4 Å². The van der Waals surface area contributed by atoms with Crippen molar-refractivity contribution in [2.24, 2.45) is 0 Å². The molecule has 4 atom stereocenters. The summed E-state index contributed by atoms with van der Waals surface area (Å²) in [4.78, 5) is 49.4. The van der Waals surface area contributed by atoms with E-state index < -0.39 is 48.4 Å². The molecule has 1 saturated heterocycles. The molecule has 1 fully saturated rings. The molecule has 148 valence electrons. The molecule has 0 amide bonds. The Balaban J connectivity index is 2.33. The maximum atomic E-state index is 11.5. The number of rotatable bonds is 6. The highest BCUT2D eigenvalue weighted by Crippen LogP contribution is 2.34. The fourth-order valence-corrected chi connectivity index (χ4v) is 2.49. The van der Waals surface area contributed by atoms with Crippen LogP contribution in [0, 0.1) is 0 Å². The number of methoxy groups -OCH3 is 1. The molecule has 27 heavy (non-hydrogen) atoms. The monoisotopic (exact) mass is 387 g/mol. The van der Waals surface area contributed by atoms with Crippen LogP contribution in [0.1, 0.15) is 37.6 Å². The van der Waals surface area contributed by atoms with Gasteiger partial charge in [-0.15, -0.1) is 5.10 Å². The molecule has 0 unspecified atom stereocenters. The first kappa shape index (κ1) is 20.3. The van der Waals surface area contributed by atoms with Crippen LogP contribution in [0.5, 0.6) is 0 Å². The van der Waals surface area contributed by atoms with Gasteiger partial charge in [0, 0.05) is 20.8 Å². The largest absolute Gasteiger partial charge is 0.463 e. The number of carbonyl (C=O) groups excluding carboxylic acids is 4. The maximum Gasteiger partial charge on any atom is 0.377 e. The summed E-state index contributed by atoms with van der Waals surface area (Å²) < 4.78 is 26.8. The SMILES string of the molecule is CO[14C](=O)c1ncn([C@H]2O[C@@H](COC(C)=O)[C@H](OC(C)=O)[C@@H]2OC(C)=O)n1. The Morgan fingerprint density at radius 1 is 1.15 bits per heavy atom. The summed E-state index contributed by atoms with van der Waals surface area (Å²) >= 11 is 0. The summed E-state index contributed by atoms with van der Waals surface area (Å²) in [5, 5.41) is 3.93. The minimum Gasteiger partial charge on any atom is -0.463 e. The van der Waals surface area contributed by atoms with Crippen LogP contribution < -0.4 is 0 Å². The first-order valence-corrected chi connectivity index (χ1v) is 7.85. The van der Waals surface area contributed by atoms with Gasteiger partial charge < -0.3 is 23.7 Å². The van der Waals surface area contributed by atoms with Crippen molar-refractivity contribution in [3.05, 3.63) is 12.2 Å². The summed E-state index contributed by atoms with van der Waals surface area (Å²) in [6, 6.07) is 0. The fourth-order valence-electron chi connectivity index (χ4n) is 2.49. The third-order valence-corrected chi connectivity index (χ3v) is 3.48. The van der Waals surface area contributed by atoms with Crippen LogP contribution in [0.3, 0.4) is 0 Å². The van der Waals surface area contributed by atoms with E-state index in [9.17, 15) is 19.2 Å². The van der Waals surface area contributed by atoms with Gasteiger partial charge in [-0.25, -0.2) is 14.5 Å². The van der Waals surface area contributed by atoms with E-state index in [4.69, 9.17) is 18.9 Å². The Hall–Kier alpha value is -3.02. The Bertz CT molecular complexity index is 732. The number of ether oxygens (including phenoxy) is 5. The molecular formula is C15H19N3O9. The van der Waals surface area contributed by atoms with Crippen molar-refractivity contribution in [1.82, 2.24) is 14.8 Å². The lowest BCUT2D eigenvalue weighted by Gasteiger charge is -2.23. The van der Waals surface area contributed by atoms with E-state index in [1.165, 1.54) is 34.2 Å². The number of hydrogen-bond donors (Lipinski definition) is 0. The number of carbonyl (C=O) groups is 4. The summed E-state index contributed by atoms with van der Waals surface area (Å²) in [6.07, 6.45) is -3.02. The van der Waals surface area contributed by atoms with E-state index >= 15 is 0 Å². The number of hydrogen-bond acceptors (Lipinski definition) is 11. The molecule has 1 aliphatic rings. The molecule has 0 aliphatic carbocycles. The van der Waals surface area contributed by atoms with Crippen molar-refractivity contribution in [2.75, 3.05) is 13.7 Å². The maximum absolute atomic E-state index is 11.5. The van der Waals surface area contributed by atoms with E-state index in [1.807, 2.05) is 0 Å². The van der Waals surface area contributed by atoms with Gasteiger partial charge in [0.1, 0.15) is 19.0 Å². The van der Waals surface area contributed by atoms with E-state index in [0.717, 1.165) is 4.68 Å². The van der Waals surface area contributed by atoms with Gasteiger partial charge in [-0.2, -0.15) is 0 Å². The average Bonchev–Trinajstić information content (AvgIpc) is 3.18. The second-order valence-electron chi connectivity index (χ2n) is 5.56. The second kappa shape index (κ2) is 8.58. The molecule has 12 heteroatoms. The van der Waals surface area contributed by atoms with Crippen molar-refractivity contribution in [1.29, 1.82) is 0 Å². The number of aromatic nitrogens is 3. The lowest BCUT2D eigenvalue weighted by Crippen LogP contribution is -2.40. The highest BCUT2D eigenvalue weighted by molar-refractivity contribution is 5.84. The summed E-state index contributed by atoms with van der Waals surface area (Å²) in [7, 11) is 1.17. The topological polar surface area (TPSA) is 145 Å². The smallest absolute Gasteiger partial charge is 0.377 e. The predicted molar refractivity (Wildman–Crippen MR) is 83.0 cm³/mol. The zero-order valence-electron chi connectivity index (χ0n) is 15.1. The highest BCUT2D eigenvalue weighted by Gasteiger charge is 2.51. The molecule has 1 aromatic heterocycles. The van der Waals surface area contributed by atoms with E-state index in [-0.39, 0.29) is 12.4 Å². The van der Waals surface area contributed by atoms with Crippen molar-refractivity contribution < 1.29 is 42.9 Å². The van der Waals surface area contributed by atoms with Crippen LogP contribution in [0.15, 0.2) is 6.33 Å². The summed E-state index contributed by atoms with van der Waals surface area (Å²) in [5.74, 6) is -2.89. The van der Waals surface area contributed by atoms with Crippen molar-refractivity contribution in [3.63, 3.8) is 0 Å². The molecule has 0 spiro atoms. The molecular weight excluding hydrogens is 368 g/mol. The first-order valence-electron chi connectivity index (χ1n) is 7.85. The Morgan fingerprint density at radius 2 is 1.78 bits per heavy atom. The van der Waals surface area contributed by atoms with Crippen molar-refractivity contribution in [2.45, 2.75) is 45.3 Å². The predicted octanol–water partition coefficient (Wildman–Crippen LogP) is -0.611. The van der Waals surface area contributed by atoms with Crippen LogP contribution in [-0.4, -0.2) is 70.7 Å². The van der Waals surface area contributed by atoms with Crippen LogP contribution >= 0.6 is 0 Å². The molecule has 2 heterocycles. The van der Waals surface area contributed by atoms with E-state index in [0.29, 0.717) is 0 Å². The Morgan fingerprint density at radius 3 is 2.33 bits per heavy atom. The minimum atomic E-state index is -1.11. The molecule has 0 saturated carbocycles. The molecule has 0 N–H and O–H groups in total. The molecule has 1 aliphatic heterocycles. The quantitative estimate of drug-likeness (QED) is 0.455. The molecule has 0 bridgehead atoms. The normalized spacial score (nSPS) is 24.1. The van der Waals surface area contributed by atoms with Crippen LogP contribution in [0.25, 0.3) is 0 Å². The first-order chi connectivity index (χ1) is 12.7.